The maximum atomic E-state index is 12.3. The van der Waals surface area contributed by atoms with Gasteiger partial charge in [0.1, 0.15) is 0 Å². The van der Waals surface area contributed by atoms with Crippen LogP contribution < -0.4 is 10.0 Å². The largest absolute Gasteiger partial charge is 0.316 e. The molecule has 6 heteroatoms. The van der Waals surface area contributed by atoms with Gasteiger partial charge in [0, 0.05) is 23.5 Å². The second-order valence-electron chi connectivity index (χ2n) is 7.99. The third kappa shape index (κ3) is 4.13. The van der Waals surface area contributed by atoms with Crippen LogP contribution in [0.1, 0.15) is 47.4 Å². The Hall–Kier alpha value is -1.40. The van der Waals surface area contributed by atoms with Crippen molar-refractivity contribution in [3.63, 3.8) is 0 Å². The van der Waals surface area contributed by atoms with Gasteiger partial charge in [-0.2, -0.15) is 0 Å². The van der Waals surface area contributed by atoms with E-state index >= 15 is 0 Å². The van der Waals surface area contributed by atoms with E-state index in [9.17, 15) is 8.42 Å². The van der Waals surface area contributed by atoms with Gasteiger partial charge >= 0.3 is 0 Å². The van der Waals surface area contributed by atoms with Crippen molar-refractivity contribution in [1.82, 2.24) is 10.0 Å². The minimum absolute atomic E-state index is 0.203. The van der Waals surface area contributed by atoms with Crippen molar-refractivity contribution in [1.29, 1.82) is 0 Å². The third-order valence-electron chi connectivity index (χ3n) is 6.22. The van der Waals surface area contributed by atoms with Gasteiger partial charge in [-0.15, -0.1) is 0 Å². The number of benzene rings is 2. The predicted molar refractivity (Wildman–Crippen MR) is 114 cm³/mol. The van der Waals surface area contributed by atoms with Crippen LogP contribution in [-0.4, -0.2) is 26.8 Å². The lowest BCUT2D eigenvalue weighted by Gasteiger charge is -2.25. The molecule has 1 fully saturated rings. The van der Waals surface area contributed by atoms with Crippen LogP contribution >= 0.6 is 11.6 Å². The number of likely N-dealkylation sites (N-methyl/N-ethyl adjacent to an activating group) is 1. The molecule has 2 aliphatic rings. The molecular formula is C22H27ClN2O2S. The maximum absolute atomic E-state index is 12.3. The van der Waals surface area contributed by atoms with Crippen molar-refractivity contribution in [3.05, 3.63) is 69.7 Å². The molecule has 0 aromatic heterocycles. The number of hydrogen-bond donors (Lipinski definition) is 2. The summed E-state index contributed by atoms with van der Waals surface area (Å²) >= 11 is 6.17. The van der Waals surface area contributed by atoms with E-state index in [0.717, 1.165) is 42.7 Å². The number of halogens is 1. The summed E-state index contributed by atoms with van der Waals surface area (Å²) in [7, 11) is -1.19. The molecule has 2 aromatic rings. The molecule has 0 amide bonds. The molecule has 4 rings (SSSR count). The van der Waals surface area contributed by atoms with Crippen LogP contribution in [0.25, 0.3) is 0 Å². The molecule has 150 valence electrons. The molecule has 0 heterocycles. The van der Waals surface area contributed by atoms with Crippen molar-refractivity contribution in [2.24, 2.45) is 0 Å². The molecule has 0 aliphatic heterocycles. The summed E-state index contributed by atoms with van der Waals surface area (Å²) in [5.74, 6) is 0.349. The fourth-order valence-electron chi connectivity index (χ4n) is 4.34. The molecular weight excluding hydrogens is 392 g/mol. The molecule has 2 N–H and O–H groups in total. The van der Waals surface area contributed by atoms with E-state index in [2.05, 4.69) is 34.3 Å². The zero-order valence-corrected chi connectivity index (χ0v) is 17.7. The van der Waals surface area contributed by atoms with E-state index < -0.39 is 10.0 Å². The average Bonchev–Trinajstić information content (AvgIpc) is 2.95. The standard InChI is InChI=1S/C22H27ClN2O2S/c1-24-22-13-17-9-8-16(14-25-28(26,27)19-6-3-7-19)12-20(17)21(22)11-15-4-2-5-18(23)10-15/h2,4-5,8-10,12,19,21-22,24-25H,3,6-7,11,13-14H2,1H3. The lowest BCUT2D eigenvalue weighted by Crippen LogP contribution is -2.38. The molecule has 28 heavy (non-hydrogen) atoms. The summed E-state index contributed by atoms with van der Waals surface area (Å²) in [6, 6.07) is 14.8. The van der Waals surface area contributed by atoms with Crippen molar-refractivity contribution >= 4 is 21.6 Å². The van der Waals surface area contributed by atoms with Gasteiger partial charge in [0.25, 0.3) is 0 Å². The highest BCUT2D eigenvalue weighted by atomic mass is 35.5. The van der Waals surface area contributed by atoms with E-state index in [1.807, 2.05) is 25.2 Å². The van der Waals surface area contributed by atoms with Crippen molar-refractivity contribution < 1.29 is 8.42 Å². The van der Waals surface area contributed by atoms with Crippen molar-refractivity contribution in [2.45, 2.75) is 55.9 Å². The summed E-state index contributed by atoms with van der Waals surface area (Å²) in [6.07, 6.45) is 4.48. The molecule has 2 unspecified atom stereocenters. The van der Waals surface area contributed by atoms with Gasteiger partial charge < -0.3 is 5.32 Å². The molecule has 1 saturated carbocycles. The summed E-state index contributed by atoms with van der Waals surface area (Å²) in [5.41, 5.74) is 4.91. The van der Waals surface area contributed by atoms with Crippen molar-refractivity contribution in [2.75, 3.05) is 7.05 Å². The van der Waals surface area contributed by atoms with Gasteiger partial charge in [0.2, 0.25) is 10.0 Å². The molecule has 4 nitrogen and oxygen atoms in total. The van der Waals surface area contributed by atoms with Gasteiger partial charge in [-0.05, 0) is 67.1 Å². The topological polar surface area (TPSA) is 58.2 Å². The van der Waals surface area contributed by atoms with Crippen LogP contribution in [0.15, 0.2) is 42.5 Å². The molecule has 0 radical (unpaired) electrons. The van der Waals surface area contributed by atoms with Gasteiger partial charge in [0.15, 0.2) is 0 Å². The second-order valence-corrected chi connectivity index (χ2v) is 10.5. The first-order chi connectivity index (χ1) is 13.5. The number of fused-ring (bicyclic) bond motifs is 1. The zero-order valence-electron chi connectivity index (χ0n) is 16.1. The zero-order chi connectivity index (χ0) is 19.7. The SMILES string of the molecule is CNC1Cc2ccc(CNS(=O)(=O)C3CCC3)cc2C1Cc1cccc(Cl)c1. The highest BCUT2D eigenvalue weighted by Gasteiger charge is 2.33. The van der Waals surface area contributed by atoms with Gasteiger partial charge in [0.05, 0.1) is 5.25 Å². The minimum Gasteiger partial charge on any atom is -0.316 e. The lowest BCUT2D eigenvalue weighted by molar-refractivity contribution is 0.469. The van der Waals surface area contributed by atoms with E-state index in [-0.39, 0.29) is 5.25 Å². The number of sulfonamides is 1. The first-order valence-corrected chi connectivity index (χ1v) is 11.9. The van der Waals surface area contributed by atoms with Crippen LogP contribution in [0.2, 0.25) is 5.02 Å². The maximum Gasteiger partial charge on any atom is 0.214 e. The first kappa shape index (κ1) is 19.9. The molecule has 0 spiro atoms. The Morgan fingerprint density at radius 3 is 2.61 bits per heavy atom. The monoisotopic (exact) mass is 418 g/mol. The second kappa shape index (κ2) is 8.15. The van der Waals surface area contributed by atoms with E-state index in [1.165, 1.54) is 16.7 Å². The summed E-state index contributed by atoms with van der Waals surface area (Å²) in [5, 5.41) is 4.01. The quantitative estimate of drug-likeness (QED) is 0.719. The Morgan fingerprint density at radius 1 is 1.11 bits per heavy atom. The number of rotatable bonds is 7. The Bertz CT molecular complexity index is 957. The van der Waals surface area contributed by atoms with Crippen LogP contribution in [0, 0.1) is 0 Å². The normalized spacial score (nSPS) is 22.1. The van der Waals surface area contributed by atoms with E-state index in [4.69, 9.17) is 11.6 Å². The molecule has 0 bridgehead atoms. The third-order valence-corrected chi connectivity index (χ3v) is 8.35. The van der Waals surface area contributed by atoms with Crippen LogP contribution in [0.5, 0.6) is 0 Å². The highest BCUT2D eigenvalue weighted by Crippen LogP contribution is 2.37. The van der Waals surface area contributed by atoms with Crippen molar-refractivity contribution in [3.8, 4) is 0 Å². The number of nitrogens with one attached hydrogen (secondary N) is 2. The highest BCUT2D eigenvalue weighted by molar-refractivity contribution is 7.90. The summed E-state index contributed by atoms with van der Waals surface area (Å²) in [4.78, 5) is 0. The summed E-state index contributed by atoms with van der Waals surface area (Å²) in [6.45, 7) is 0.361. The minimum atomic E-state index is -3.20. The Kier molecular flexibility index (Phi) is 5.79. The predicted octanol–water partition coefficient (Wildman–Crippen LogP) is 3.78. The Morgan fingerprint density at radius 2 is 1.93 bits per heavy atom. The Labute approximate surface area is 172 Å². The van der Waals surface area contributed by atoms with Gasteiger partial charge in [-0.25, -0.2) is 13.1 Å². The van der Waals surface area contributed by atoms with Crippen LogP contribution in [0.3, 0.4) is 0 Å². The summed E-state index contributed by atoms with van der Waals surface area (Å²) < 4.78 is 27.4. The molecule has 2 aliphatic carbocycles. The van der Waals surface area contributed by atoms with E-state index in [1.54, 1.807) is 0 Å². The Balaban J connectivity index is 1.53. The molecule has 2 aromatic carbocycles. The van der Waals surface area contributed by atoms with Gasteiger partial charge in [-0.1, -0.05) is 48.4 Å². The fraction of sp³-hybridized carbons (Fsp3) is 0.455. The first-order valence-electron chi connectivity index (χ1n) is 9.98. The van der Waals surface area contributed by atoms with Crippen LogP contribution in [0.4, 0.5) is 0 Å². The fourth-order valence-corrected chi connectivity index (χ4v) is 6.11. The van der Waals surface area contributed by atoms with Crippen LogP contribution in [-0.2, 0) is 29.4 Å². The smallest absolute Gasteiger partial charge is 0.214 e. The molecule has 2 atom stereocenters. The lowest BCUT2D eigenvalue weighted by atomic mass is 9.90. The van der Waals surface area contributed by atoms with Gasteiger partial charge in [-0.3, -0.25) is 0 Å². The average molecular weight is 419 g/mol. The molecule has 0 saturated heterocycles. The van der Waals surface area contributed by atoms with E-state index in [0.29, 0.717) is 18.5 Å². The number of hydrogen-bond acceptors (Lipinski definition) is 3.